The lowest BCUT2D eigenvalue weighted by Gasteiger charge is -2.08. The number of hydrogen-bond acceptors (Lipinski definition) is 2. The van der Waals surface area contributed by atoms with Gasteiger partial charge in [0.1, 0.15) is 0 Å². The number of pyridine rings is 1. The van der Waals surface area contributed by atoms with Crippen molar-refractivity contribution >= 4 is 27.8 Å². The molecule has 20 heavy (non-hydrogen) atoms. The molecule has 2 nitrogen and oxygen atoms in total. The van der Waals surface area contributed by atoms with Crippen LogP contribution in [0.2, 0.25) is 0 Å². The van der Waals surface area contributed by atoms with E-state index in [0.29, 0.717) is 6.42 Å². The van der Waals surface area contributed by atoms with Gasteiger partial charge in [-0.3, -0.25) is 9.78 Å². The van der Waals surface area contributed by atoms with Crippen molar-refractivity contribution in [3.05, 3.63) is 69.5 Å². The number of ketones is 1. The summed E-state index contributed by atoms with van der Waals surface area (Å²) in [6.45, 7) is 4.06. The summed E-state index contributed by atoms with van der Waals surface area (Å²) in [5.74, 6) is 0.0872. The van der Waals surface area contributed by atoms with Crippen LogP contribution in [-0.2, 0) is 11.2 Å². The maximum Gasteiger partial charge on any atom is 0.160 e. The number of carbonyl (C=O) groups excluding carboxylic acids is 1. The van der Waals surface area contributed by atoms with E-state index in [1.165, 1.54) is 0 Å². The van der Waals surface area contributed by atoms with Gasteiger partial charge < -0.3 is 0 Å². The number of hydrogen-bond donors (Lipinski definition) is 0. The smallest absolute Gasteiger partial charge is 0.160 e. The summed E-state index contributed by atoms with van der Waals surface area (Å²) < 4.78 is 1.05. The van der Waals surface area contributed by atoms with Crippen LogP contribution in [0.15, 0.2) is 47.1 Å². The molecule has 1 aromatic heterocycles. The van der Waals surface area contributed by atoms with Gasteiger partial charge in [-0.05, 0) is 67.0 Å². The van der Waals surface area contributed by atoms with Crippen LogP contribution in [0.5, 0.6) is 0 Å². The molecular formula is C17H16BrNO. The molecule has 0 aliphatic carbocycles. The molecule has 0 atom stereocenters. The number of rotatable bonds is 4. The van der Waals surface area contributed by atoms with Crippen LogP contribution in [-0.4, -0.2) is 10.8 Å². The molecule has 0 spiro atoms. The maximum absolute atomic E-state index is 12.0. The van der Waals surface area contributed by atoms with E-state index in [-0.39, 0.29) is 5.78 Å². The zero-order valence-corrected chi connectivity index (χ0v) is 13.1. The average Bonchev–Trinajstić information content (AvgIpc) is 2.42. The molecular weight excluding hydrogens is 314 g/mol. The molecule has 0 N–H and O–H groups in total. The molecule has 102 valence electrons. The third kappa shape index (κ3) is 3.87. The molecule has 0 unspecified atom stereocenters. The first-order valence-electron chi connectivity index (χ1n) is 6.44. The molecule has 0 saturated heterocycles. The molecule has 0 bridgehead atoms. The Morgan fingerprint density at radius 3 is 2.55 bits per heavy atom. The first-order valence-corrected chi connectivity index (χ1v) is 7.23. The Morgan fingerprint density at radius 2 is 1.95 bits per heavy atom. The molecule has 0 aliphatic rings. The van der Waals surface area contributed by atoms with Crippen LogP contribution in [0.1, 0.15) is 22.4 Å². The fraction of sp³-hybridized carbons (Fsp3) is 0.176. The SMILES string of the molecule is Cc1cc(Br)cc(C)c1CC(=O)/C=C/c1ccccn1. The van der Waals surface area contributed by atoms with E-state index in [0.717, 1.165) is 26.9 Å². The average molecular weight is 330 g/mol. The molecule has 2 aromatic rings. The zero-order chi connectivity index (χ0) is 14.5. The Balaban J connectivity index is 2.11. The maximum atomic E-state index is 12.0. The summed E-state index contributed by atoms with van der Waals surface area (Å²) in [6, 6.07) is 9.71. The van der Waals surface area contributed by atoms with Gasteiger partial charge in [-0.2, -0.15) is 0 Å². The van der Waals surface area contributed by atoms with Gasteiger partial charge in [0.15, 0.2) is 5.78 Å². The summed E-state index contributed by atoms with van der Waals surface area (Å²) in [7, 11) is 0. The lowest BCUT2D eigenvalue weighted by atomic mass is 9.98. The van der Waals surface area contributed by atoms with Gasteiger partial charge in [0, 0.05) is 17.1 Å². The van der Waals surface area contributed by atoms with Crippen LogP contribution < -0.4 is 0 Å². The Kier molecular flexibility index (Phi) is 4.85. The second kappa shape index (κ2) is 6.62. The van der Waals surface area contributed by atoms with Crippen molar-refractivity contribution in [2.45, 2.75) is 20.3 Å². The highest BCUT2D eigenvalue weighted by atomic mass is 79.9. The number of halogens is 1. The minimum atomic E-state index is 0.0872. The van der Waals surface area contributed by atoms with E-state index in [1.807, 2.05) is 44.2 Å². The molecule has 3 heteroatoms. The molecule has 0 radical (unpaired) electrons. The van der Waals surface area contributed by atoms with Crippen molar-refractivity contribution in [1.29, 1.82) is 0 Å². The van der Waals surface area contributed by atoms with Gasteiger partial charge in [-0.15, -0.1) is 0 Å². The molecule has 1 aromatic carbocycles. The number of aromatic nitrogens is 1. The van der Waals surface area contributed by atoms with Gasteiger partial charge in [0.2, 0.25) is 0 Å². The Hall–Kier alpha value is -1.74. The minimum Gasteiger partial charge on any atom is -0.294 e. The Bertz CT molecular complexity index is 624. The van der Waals surface area contributed by atoms with Crippen LogP contribution in [0.25, 0.3) is 6.08 Å². The number of carbonyl (C=O) groups is 1. The van der Waals surface area contributed by atoms with Crippen molar-refractivity contribution in [2.24, 2.45) is 0 Å². The van der Waals surface area contributed by atoms with Crippen molar-refractivity contribution < 1.29 is 4.79 Å². The summed E-state index contributed by atoms with van der Waals surface area (Å²) >= 11 is 3.47. The predicted molar refractivity (Wildman–Crippen MR) is 85.6 cm³/mol. The van der Waals surface area contributed by atoms with E-state index in [4.69, 9.17) is 0 Å². The largest absolute Gasteiger partial charge is 0.294 e. The highest BCUT2D eigenvalue weighted by Crippen LogP contribution is 2.21. The van der Waals surface area contributed by atoms with Crippen molar-refractivity contribution in [2.75, 3.05) is 0 Å². The lowest BCUT2D eigenvalue weighted by molar-refractivity contribution is -0.113. The number of benzene rings is 1. The van der Waals surface area contributed by atoms with Crippen LogP contribution in [0.4, 0.5) is 0 Å². The molecule has 0 fully saturated rings. The predicted octanol–water partition coefficient (Wildman–Crippen LogP) is 4.29. The quantitative estimate of drug-likeness (QED) is 0.783. The minimum absolute atomic E-state index is 0.0872. The van der Waals surface area contributed by atoms with Crippen molar-refractivity contribution in [3.63, 3.8) is 0 Å². The molecule has 0 aliphatic heterocycles. The normalized spacial score (nSPS) is 10.9. The summed E-state index contributed by atoms with van der Waals surface area (Å²) in [4.78, 5) is 16.2. The van der Waals surface area contributed by atoms with Crippen LogP contribution in [0, 0.1) is 13.8 Å². The van der Waals surface area contributed by atoms with E-state index >= 15 is 0 Å². The number of allylic oxidation sites excluding steroid dienone is 1. The molecule has 1 heterocycles. The van der Waals surface area contributed by atoms with Gasteiger partial charge >= 0.3 is 0 Å². The van der Waals surface area contributed by atoms with E-state index in [1.54, 1.807) is 18.3 Å². The molecule has 2 rings (SSSR count). The third-order valence-electron chi connectivity index (χ3n) is 3.14. The Labute approximate surface area is 127 Å². The molecule has 0 amide bonds. The second-order valence-corrected chi connectivity index (χ2v) is 5.66. The highest BCUT2D eigenvalue weighted by Gasteiger charge is 2.07. The summed E-state index contributed by atoms with van der Waals surface area (Å²) in [5.41, 5.74) is 4.17. The van der Waals surface area contributed by atoms with Crippen molar-refractivity contribution in [1.82, 2.24) is 4.98 Å². The molecule has 0 saturated carbocycles. The standard InChI is InChI=1S/C17H16BrNO/c1-12-9-14(18)10-13(2)17(12)11-16(20)7-6-15-5-3-4-8-19-15/h3-10H,11H2,1-2H3/b7-6+. The first kappa shape index (κ1) is 14.7. The van der Waals surface area contributed by atoms with Gasteiger partial charge in [0.25, 0.3) is 0 Å². The van der Waals surface area contributed by atoms with Gasteiger partial charge in [0.05, 0.1) is 5.69 Å². The second-order valence-electron chi connectivity index (χ2n) is 4.75. The van der Waals surface area contributed by atoms with Crippen LogP contribution in [0.3, 0.4) is 0 Å². The Morgan fingerprint density at radius 1 is 1.25 bits per heavy atom. The van der Waals surface area contributed by atoms with Crippen molar-refractivity contribution in [3.8, 4) is 0 Å². The lowest BCUT2D eigenvalue weighted by Crippen LogP contribution is -2.03. The fourth-order valence-electron chi connectivity index (χ4n) is 2.11. The van der Waals surface area contributed by atoms with E-state index in [2.05, 4.69) is 20.9 Å². The van der Waals surface area contributed by atoms with Gasteiger partial charge in [-0.1, -0.05) is 22.0 Å². The van der Waals surface area contributed by atoms with Gasteiger partial charge in [-0.25, -0.2) is 0 Å². The zero-order valence-electron chi connectivity index (χ0n) is 11.6. The highest BCUT2D eigenvalue weighted by molar-refractivity contribution is 9.10. The summed E-state index contributed by atoms with van der Waals surface area (Å²) in [5, 5.41) is 0. The monoisotopic (exact) mass is 329 g/mol. The van der Waals surface area contributed by atoms with E-state index in [9.17, 15) is 4.79 Å². The van der Waals surface area contributed by atoms with E-state index < -0.39 is 0 Å². The fourth-order valence-corrected chi connectivity index (χ4v) is 2.79. The number of aryl methyl sites for hydroxylation is 2. The number of nitrogens with zero attached hydrogens (tertiary/aromatic N) is 1. The van der Waals surface area contributed by atoms with Crippen LogP contribution >= 0.6 is 15.9 Å². The topological polar surface area (TPSA) is 30.0 Å². The summed E-state index contributed by atoms with van der Waals surface area (Å²) in [6.07, 6.45) is 5.50. The third-order valence-corrected chi connectivity index (χ3v) is 3.60. The first-order chi connectivity index (χ1) is 9.56.